The number of esters is 1. The molecule has 1 saturated heterocycles. The Bertz CT molecular complexity index is 1450. The Hall–Kier alpha value is -3.02. The van der Waals surface area contributed by atoms with Crippen LogP contribution >= 0.6 is 23.4 Å². The fraction of sp³-hybridized carbons (Fsp3) is 0.611. The number of nitrogens with one attached hydrogen (secondary N) is 2. The molecule has 1 saturated carbocycles. The number of methoxy groups -OCH3 is 1. The summed E-state index contributed by atoms with van der Waals surface area (Å²) >= 11 is 8.07. The van der Waals surface area contributed by atoms with Gasteiger partial charge in [-0.2, -0.15) is 11.8 Å². The van der Waals surface area contributed by atoms with Crippen molar-refractivity contribution in [3.8, 4) is 0 Å². The van der Waals surface area contributed by atoms with E-state index < -0.39 is 47.4 Å². The lowest BCUT2D eigenvalue weighted by molar-refractivity contribution is -0.162. The molecule has 0 spiro atoms. The monoisotopic (exact) mass is 703 g/mol. The smallest absolute Gasteiger partial charge is 0.407 e. The molecule has 1 aromatic carbocycles. The van der Waals surface area contributed by atoms with Crippen molar-refractivity contribution in [2.24, 2.45) is 17.3 Å². The number of rotatable bonds is 7. The highest BCUT2D eigenvalue weighted by molar-refractivity contribution is 7.98. The first-order valence-corrected chi connectivity index (χ1v) is 18.3. The van der Waals surface area contributed by atoms with Crippen LogP contribution in [0.2, 0.25) is 5.02 Å². The van der Waals surface area contributed by atoms with E-state index in [0.717, 1.165) is 11.1 Å². The molecule has 3 aliphatic rings. The van der Waals surface area contributed by atoms with Gasteiger partial charge in [0, 0.05) is 38.2 Å². The van der Waals surface area contributed by atoms with Crippen molar-refractivity contribution in [3.05, 3.63) is 52.6 Å². The summed E-state index contributed by atoms with van der Waals surface area (Å²) in [4.78, 5) is 54.2. The molecular weight excluding hydrogens is 654 g/mol. The van der Waals surface area contributed by atoms with Crippen molar-refractivity contribution in [2.75, 3.05) is 31.5 Å². The van der Waals surface area contributed by atoms with Gasteiger partial charge in [0.2, 0.25) is 11.8 Å². The van der Waals surface area contributed by atoms with Crippen LogP contribution in [0.25, 0.3) is 0 Å². The molecule has 12 heteroatoms. The second kappa shape index (κ2) is 15.7. The highest BCUT2D eigenvalue weighted by atomic mass is 35.5. The number of amides is 3. The first kappa shape index (κ1) is 37.8. The van der Waals surface area contributed by atoms with Crippen LogP contribution in [0.1, 0.15) is 65.9 Å². The second-order valence-corrected chi connectivity index (χ2v) is 15.4. The number of thioether (sulfide) groups is 1. The maximum Gasteiger partial charge on any atom is 0.407 e. The summed E-state index contributed by atoms with van der Waals surface area (Å²) < 4.78 is 17.9. The number of ether oxygens (including phenoxy) is 3. The third-order valence-electron chi connectivity index (χ3n) is 10.4. The fourth-order valence-electron chi connectivity index (χ4n) is 7.01. The van der Waals surface area contributed by atoms with Crippen LogP contribution in [0, 0.1) is 17.3 Å². The van der Waals surface area contributed by atoms with Crippen molar-refractivity contribution < 1.29 is 33.4 Å². The molecule has 10 nitrogen and oxygen atoms in total. The Labute approximate surface area is 293 Å². The number of likely N-dealkylation sites (N-methyl/N-ethyl adjacent to an activating group) is 1. The second-order valence-electron chi connectivity index (χ2n) is 14.0. The highest BCUT2D eigenvalue weighted by Crippen LogP contribution is 2.61. The van der Waals surface area contributed by atoms with Gasteiger partial charge in [-0.1, -0.05) is 55.3 Å². The van der Waals surface area contributed by atoms with E-state index >= 15 is 0 Å². The molecule has 264 valence electrons. The van der Waals surface area contributed by atoms with Crippen molar-refractivity contribution >= 4 is 52.9 Å². The van der Waals surface area contributed by atoms with E-state index in [-0.39, 0.29) is 30.1 Å². The summed E-state index contributed by atoms with van der Waals surface area (Å²) in [6.07, 6.45) is 7.58. The Kier molecular flexibility index (Phi) is 12.3. The van der Waals surface area contributed by atoms with E-state index in [9.17, 15) is 19.2 Å². The number of carbonyl (C=O) groups is 4. The maximum absolute atomic E-state index is 13.6. The average molecular weight is 704 g/mol. The van der Waals surface area contributed by atoms with Gasteiger partial charge in [-0.25, -0.2) is 9.59 Å². The van der Waals surface area contributed by atoms with Gasteiger partial charge >= 0.3 is 12.1 Å². The van der Waals surface area contributed by atoms with Crippen molar-refractivity contribution in [2.45, 2.75) is 96.6 Å². The molecule has 2 aliphatic heterocycles. The normalized spacial score (nSPS) is 33.0. The minimum Gasteiger partial charge on any atom is -0.460 e. The third-order valence-corrected chi connectivity index (χ3v) is 11.3. The highest BCUT2D eigenvalue weighted by Gasteiger charge is 2.61. The fourth-order valence-corrected chi connectivity index (χ4v) is 7.55. The van der Waals surface area contributed by atoms with Crippen molar-refractivity contribution in [1.82, 2.24) is 10.2 Å². The number of hydrogen-bond acceptors (Lipinski definition) is 8. The number of fused-ring (bicyclic) bond motifs is 5. The summed E-state index contributed by atoms with van der Waals surface area (Å²) in [7, 11) is 3.21. The van der Waals surface area contributed by atoms with Gasteiger partial charge in [0.05, 0.1) is 28.8 Å². The molecule has 0 radical (unpaired) electrons. The number of halogens is 1. The van der Waals surface area contributed by atoms with E-state index in [1.807, 2.05) is 64.3 Å². The van der Waals surface area contributed by atoms with Gasteiger partial charge in [-0.3, -0.25) is 9.59 Å². The van der Waals surface area contributed by atoms with Crippen molar-refractivity contribution in [3.63, 3.8) is 0 Å². The largest absolute Gasteiger partial charge is 0.460 e. The van der Waals surface area contributed by atoms with Crippen LogP contribution < -0.4 is 10.6 Å². The van der Waals surface area contributed by atoms with Crippen LogP contribution in [-0.2, 0) is 35.0 Å². The Morgan fingerprint density at radius 2 is 1.96 bits per heavy atom. The van der Waals surface area contributed by atoms with Crippen molar-refractivity contribution in [1.29, 1.82) is 0 Å². The zero-order chi connectivity index (χ0) is 35.4. The van der Waals surface area contributed by atoms with Crippen LogP contribution in [0.4, 0.5) is 10.5 Å². The Balaban J connectivity index is 1.69. The van der Waals surface area contributed by atoms with E-state index in [4.69, 9.17) is 25.8 Å². The summed E-state index contributed by atoms with van der Waals surface area (Å²) in [6, 6.07) is 4.68. The number of anilines is 1. The molecule has 8 atom stereocenters. The molecule has 3 unspecified atom stereocenters. The lowest BCUT2D eigenvalue weighted by atomic mass is 9.79. The van der Waals surface area contributed by atoms with E-state index in [1.54, 1.807) is 38.9 Å². The SMILES string of the molecule is CO[C@@H]1/C=C/C=C(\C)Cc2ccc(Cl)c(c2)NC(=O)C[C@H](OC(=O)[C@H](C)N(C)C(=O)CCSC)C2(C)CC2[C@H](C)C2C[C@@]1(C)NC(=O)O2. The predicted octanol–water partition coefficient (Wildman–Crippen LogP) is 6.17. The molecule has 2 heterocycles. The summed E-state index contributed by atoms with van der Waals surface area (Å²) in [5.41, 5.74) is 1.17. The number of benzene rings is 1. The van der Waals surface area contributed by atoms with Crippen LogP contribution in [0.5, 0.6) is 0 Å². The number of hydrogen-bond donors (Lipinski definition) is 2. The molecule has 2 N–H and O–H groups in total. The first-order chi connectivity index (χ1) is 22.6. The van der Waals surface area contributed by atoms with Gasteiger partial charge in [0.25, 0.3) is 0 Å². The predicted molar refractivity (Wildman–Crippen MR) is 189 cm³/mol. The number of carbonyl (C=O) groups excluding carboxylic acids is 4. The lowest BCUT2D eigenvalue weighted by Crippen LogP contribution is -2.61. The molecule has 1 aliphatic carbocycles. The van der Waals surface area contributed by atoms with Gasteiger partial charge < -0.3 is 29.7 Å². The minimum atomic E-state index is -0.842. The molecule has 4 rings (SSSR count). The van der Waals surface area contributed by atoms with Crippen LogP contribution in [0.3, 0.4) is 0 Å². The molecule has 2 fully saturated rings. The first-order valence-electron chi connectivity index (χ1n) is 16.5. The van der Waals surface area contributed by atoms with Gasteiger partial charge in [-0.15, -0.1) is 0 Å². The summed E-state index contributed by atoms with van der Waals surface area (Å²) in [5, 5.41) is 6.34. The zero-order valence-electron chi connectivity index (χ0n) is 29.3. The standard InChI is InChI=1S/C36H50ClN3O7S/c1-21-10-9-11-29(45-7)36(5)20-28(46-34(44)39-36)22(2)25-19-35(25,4)30(47-33(43)23(3)40(6)32(42)14-15-48-8)18-31(41)38-27-17-24(16-21)12-13-26(27)37/h9-13,17,22-23,25,28-30H,14-16,18-20H2,1-8H3,(H,38,41)(H,39,44)/b11-9+,21-10+/t22-,23-,25?,28?,29+,30-,35?,36+/m0/s1. The molecule has 48 heavy (non-hydrogen) atoms. The molecular formula is C36H50ClN3O7S. The quantitative estimate of drug-likeness (QED) is 0.323. The zero-order valence-corrected chi connectivity index (χ0v) is 30.8. The average Bonchev–Trinajstić information content (AvgIpc) is 3.73. The van der Waals surface area contributed by atoms with Gasteiger partial charge in [0.15, 0.2) is 0 Å². The van der Waals surface area contributed by atoms with E-state index in [2.05, 4.69) is 10.6 Å². The Morgan fingerprint density at radius 1 is 1.23 bits per heavy atom. The lowest BCUT2D eigenvalue weighted by Gasteiger charge is -2.44. The molecule has 4 bridgehead atoms. The number of allylic oxidation sites excluding steroid dienone is 3. The minimum absolute atomic E-state index is 0.0179. The molecule has 1 aromatic rings. The summed E-state index contributed by atoms with van der Waals surface area (Å²) in [6.45, 7) is 9.65. The van der Waals surface area contributed by atoms with Crippen LogP contribution in [0.15, 0.2) is 42.0 Å². The number of nitrogens with zero attached hydrogens (tertiary/aromatic N) is 1. The van der Waals surface area contributed by atoms with Gasteiger partial charge in [-0.05, 0) is 69.4 Å². The van der Waals surface area contributed by atoms with Gasteiger partial charge in [0.1, 0.15) is 18.2 Å². The topological polar surface area (TPSA) is 123 Å². The number of alkyl carbamates (subject to hydrolysis) is 1. The van der Waals surface area contributed by atoms with Crippen LogP contribution in [-0.4, -0.2) is 84.8 Å². The van der Waals surface area contributed by atoms with E-state index in [0.29, 0.717) is 42.1 Å². The Morgan fingerprint density at radius 3 is 2.65 bits per heavy atom. The maximum atomic E-state index is 13.6. The molecule has 0 aromatic heterocycles. The molecule has 3 amide bonds. The third kappa shape index (κ3) is 8.76. The summed E-state index contributed by atoms with van der Waals surface area (Å²) in [5.74, 6) is -0.572. The van der Waals surface area contributed by atoms with E-state index in [1.165, 1.54) is 4.90 Å².